The minimum absolute atomic E-state index is 0.125. The Morgan fingerprint density at radius 3 is 2.93 bits per heavy atom. The fourth-order valence-electron chi connectivity index (χ4n) is 1.40. The van der Waals surface area contributed by atoms with Crippen molar-refractivity contribution in [2.75, 3.05) is 11.9 Å². The Morgan fingerprint density at radius 2 is 2.20 bits per heavy atom. The molecule has 2 nitrogen and oxygen atoms in total. The van der Waals surface area contributed by atoms with Gasteiger partial charge in [-0.05, 0) is 25.1 Å². The number of fused-ring (bicyclic) bond motifs is 1. The van der Waals surface area contributed by atoms with Crippen LogP contribution in [-0.2, 0) is 0 Å². The Hall–Kier alpha value is -1.35. The zero-order valence-electron chi connectivity index (χ0n) is 8.22. The molecule has 1 heterocycles. The lowest BCUT2D eigenvalue weighted by Gasteiger charge is -2.04. The Labute approximate surface area is 92.1 Å². The molecule has 0 bridgehead atoms. The van der Waals surface area contributed by atoms with E-state index in [2.05, 4.69) is 10.3 Å². The standard InChI is InChI=1S/C11H10ClFN2/c1-2-14-11-4-3-7-5-8(12)9(13)6-10(7)15-11/h3-6H,2H2,1H3,(H,14,15). The fraction of sp³-hybridized carbons (Fsp3) is 0.182. The van der Waals surface area contributed by atoms with Crippen LogP contribution in [0.25, 0.3) is 10.9 Å². The van der Waals surface area contributed by atoms with Gasteiger partial charge in [-0.25, -0.2) is 9.37 Å². The highest BCUT2D eigenvalue weighted by atomic mass is 35.5. The van der Waals surface area contributed by atoms with Crippen LogP contribution in [0.15, 0.2) is 24.3 Å². The number of halogens is 2. The van der Waals surface area contributed by atoms with Gasteiger partial charge in [0.1, 0.15) is 11.6 Å². The smallest absolute Gasteiger partial charge is 0.143 e. The molecule has 0 aliphatic rings. The van der Waals surface area contributed by atoms with E-state index in [0.717, 1.165) is 17.7 Å². The molecule has 0 aliphatic heterocycles. The van der Waals surface area contributed by atoms with Crippen LogP contribution in [0.3, 0.4) is 0 Å². The highest BCUT2D eigenvalue weighted by molar-refractivity contribution is 6.31. The summed E-state index contributed by atoms with van der Waals surface area (Å²) in [5.41, 5.74) is 0.607. The lowest BCUT2D eigenvalue weighted by molar-refractivity contribution is 0.630. The Balaban J connectivity index is 2.56. The molecule has 1 N–H and O–H groups in total. The van der Waals surface area contributed by atoms with E-state index >= 15 is 0 Å². The molecule has 4 heteroatoms. The maximum absolute atomic E-state index is 13.2. The molecule has 0 unspecified atom stereocenters. The first kappa shape index (κ1) is 10.2. The van der Waals surface area contributed by atoms with Crippen LogP contribution in [0.2, 0.25) is 5.02 Å². The Bertz CT molecular complexity index is 499. The fourth-order valence-corrected chi connectivity index (χ4v) is 1.57. The molecule has 0 spiro atoms. The summed E-state index contributed by atoms with van der Waals surface area (Å²) in [7, 11) is 0. The minimum Gasteiger partial charge on any atom is -0.370 e. The van der Waals surface area contributed by atoms with Gasteiger partial charge in [0.2, 0.25) is 0 Å². The molecular formula is C11H10ClFN2. The lowest BCUT2D eigenvalue weighted by Crippen LogP contribution is -1.98. The number of pyridine rings is 1. The number of nitrogens with one attached hydrogen (secondary N) is 1. The summed E-state index contributed by atoms with van der Waals surface area (Å²) in [6.07, 6.45) is 0. The topological polar surface area (TPSA) is 24.9 Å². The van der Waals surface area contributed by atoms with Crippen LogP contribution in [0.4, 0.5) is 10.2 Å². The van der Waals surface area contributed by atoms with Gasteiger partial charge in [-0.1, -0.05) is 11.6 Å². The van der Waals surface area contributed by atoms with Crippen LogP contribution in [0.1, 0.15) is 6.92 Å². The van der Waals surface area contributed by atoms with E-state index in [-0.39, 0.29) is 5.02 Å². The van der Waals surface area contributed by atoms with Crippen molar-refractivity contribution in [3.8, 4) is 0 Å². The van der Waals surface area contributed by atoms with Crippen molar-refractivity contribution >= 4 is 28.3 Å². The Kier molecular flexibility index (Phi) is 2.73. The average Bonchev–Trinajstić information content (AvgIpc) is 2.21. The summed E-state index contributed by atoms with van der Waals surface area (Å²) >= 11 is 5.67. The number of benzene rings is 1. The van der Waals surface area contributed by atoms with Gasteiger partial charge in [0.25, 0.3) is 0 Å². The largest absolute Gasteiger partial charge is 0.370 e. The molecule has 0 saturated carbocycles. The van der Waals surface area contributed by atoms with E-state index in [4.69, 9.17) is 11.6 Å². The summed E-state index contributed by atoms with van der Waals surface area (Å²) in [6, 6.07) is 6.64. The van der Waals surface area contributed by atoms with Gasteiger partial charge in [0.15, 0.2) is 0 Å². The number of anilines is 1. The second kappa shape index (κ2) is 4.03. The third kappa shape index (κ3) is 2.02. The molecule has 0 amide bonds. The van der Waals surface area contributed by atoms with Crippen LogP contribution >= 0.6 is 11.6 Å². The zero-order chi connectivity index (χ0) is 10.8. The second-order valence-electron chi connectivity index (χ2n) is 3.19. The molecular weight excluding hydrogens is 215 g/mol. The summed E-state index contributed by atoms with van der Waals surface area (Å²) in [5, 5.41) is 4.03. The molecule has 2 rings (SSSR count). The van der Waals surface area contributed by atoms with Crippen LogP contribution in [-0.4, -0.2) is 11.5 Å². The number of aromatic nitrogens is 1. The van der Waals surface area contributed by atoms with Gasteiger partial charge in [-0.15, -0.1) is 0 Å². The highest BCUT2D eigenvalue weighted by Crippen LogP contribution is 2.22. The molecule has 0 fully saturated rings. The molecule has 0 atom stereocenters. The van der Waals surface area contributed by atoms with Crippen molar-refractivity contribution in [1.82, 2.24) is 4.98 Å². The molecule has 0 saturated heterocycles. The molecule has 1 aromatic carbocycles. The van der Waals surface area contributed by atoms with Crippen molar-refractivity contribution < 1.29 is 4.39 Å². The number of nitrogens with zero attached hydrogens (tertiary/aromatic N) is 1. The third-order valence-electron chi connectivity index (χ3n) is 2.09. The van der Waals surface area contributed by atoms with E-state index < -0.39 is 5.82 Å². The van der Waals surface area contributed by atoms with Gasteiger partial charge in [-0.3, -0.25) is 0 Å². The van der Waals surface area contributed by atoms with Crippen molar-refractivity contribution in [1.29, 1.82) is 0 Å². The normalized spacial score (nSPS) is 10.6. The molecule has 0 aliphatic carbocycles. The van der Waals surface area contributed by atoms with Gasteiger partial charge in [-0.2, -0.15) is 0 Å². The zero-order valence-corrected chi connectivity index (χ0v) is 8.98. The molecule has 0 radical (unpaired) electrons. The average molecular weight is 225 g/mol. The van der Waals surface area contributed by atoms with E-state index in [1.165, 1.54) is 6.07 Å². The maximum Gasteiger partial charge on any atom is 0.143 e. The molecule has 15 heavy (non-hydrogen) atoms. The first-order valence-corrected chi connectivity index (χ1v) is 5.08. The second-order valence-corrected chi connectivity index (χ2v) is 3.59. The first-order chi connectivity index (χ1) is 7.20. The van der Waals surface area contributed by atoms with Crippen molar-refractivity contribution in [2.45, 2.75) is 6.92 Å². The quantitative estimate of drug-likeness (QED) is 0.845. The highest BCUT2D eigenvalue weighted by Gasteiger charge is 2.03. The van der Waals surface area contributed by atoms with E-state index in [9.17, 15) is 4.39 Å². The van der Waals surface area contributed by atoms with Crippen molar-refractivity contribution in [2.24, 2.45) is 0 Å². The van der Waals surface area contributed by atoms with Crippen molar-refractivity contribution in [3.63, 3.8) is 0 Å². The van der Waals surface area contributed by atoms with Crippen LogP contribution in [0, 0.1) is 5.82 Å². The summed E-state index contributed by atoms with van der Waals surface area (Å²) in [5.74, 6) is 0.303. The molecule has 78 valence electrons. The van der Waals surface area contributed by atoms with Crippen molar-refractivity contribution in [3.05, 3.63) is 35.1 Å². The summed E-state index contributed by atoms with van der Waals surface area (Å²) in [4.78, 5) is 4.26. The van der Waals surface area contributed by atoms with Crippen LogP contribution in [0.5, 0.6) is 0 Å². The van der Waals surface area contributed by atoms with Gasteiger partial charge in [0, 0.05) is 18.0 Å². The molecule has 1 aromatic heterocycles. The third-order valence-corrected chi connectivity index (χ3v) is 2.38. The predicted molar refractivity (Wildman–Crippen MR) is 60.9 cm³/mol. The lowest BCUT2D eigenvalue weighted by atomic mass is 10.2. The van der Waals surface area contributed by atoms with Gasteiger partial charge >= 0.3 is 0 Å². The van der Waals surface area contributed by atoms with E-state index in [0.29, 0.717) is 5.52 Å². The first-order valence-electron chi connectivity index (χ1n) is 4.70. The Morgan fingerprint density at radius 1 is 1.40 bits per heavy atom. The van der Waals surface area contributed by atoms with Gasteiger partial charge < -0.3 is 5.32 Å². The summed E-state index contributed by atoms with van der Waals surface area (Å²) < 4.78 is 13.2. The maximum atomic E-state index is 13.2. The van der Waals surface area contributed by atoms with Gasteiger partial charge in [0.05, 0.1) is 10.5 Å². The number of hydrogen-bond donors (Lipinski definition) is 1. The minimum atomic E-state index is -0.440. The predicted octanol–water partition coefficient (Wildman–Crippen LogP) is 3.46. The number of rotatable bonds is 2. The summed E-state index contributed by atoms with van der Waals surface area (Å²) in [6.45, 7) is 2.77. The SMILES string of the molecule is CCNc1ccc2cc(Cl)c(F)cc2n1. The monoisotopic (exact) mass is 224 g/mol. The van der Waals surface area contributed by atoms with E-state index in [1.807, 2.05) is 19.1 Å². The molecule has 2 aromatic rings. The van der Waals surface area contributed by atoms with Crippen LogP contribution < -0.4 is 5.32 Å². The number of hydrogen-bond acceptors (Lipinski definition) is 2. The van der Waals surface area contributed by atoms with E-state index in [1.54, 1.807) is 6.07 Å².